The average molecular weight is 398 g/mol. The number of thiocarbonyl (C=S) groups is 1. The summed E-state index contributed by atoms with van der Waals surface area (Å²) in [6, 6.07) is 5.34. The summed E-state index contributed by atoms with van der Waals surface area (Å²) in [5.74, 6) is -1.94. The molecule has 0 radical (unpaired) electrons. The van der Waals surface area contributed by atoms with Crippen molar-refractivity contribution in [2.75, 3.05) is 20.3 Å². The lowest BCUT2D eigenvalue weighted by molar-refractivity contribution is -0.385. The molecule has 0 saturated carbocycles. The third-order valence-corrected chi connectivity index (χ3v) is 3.20. The number of hydrazine groups is 1. The number of nitrogens with zero attached hydrogens (tertiary/aromatic N) is 1. The molecule has 3 N–H and O–H groups in total. The third-order valence-electron chi connectivity index (χ3n) is 2.99. The SMILES string of the molecule is COCCOC(=O)CCC(=O)NC(=S)NNC(=O)c1ccccc1[N+](=O)[O-]. The standard InChI is InChI=1S/C15H18N4O7S/c1-25-8-9-26-13(21)7-6-12(20)16-15(27)18-17-14(22)10-4-2-3-5-11(10)19(23)24/h2-5H,6-9H2,1H3,(H,17,22)(H2,16,18,20,27). The molecule has 11 nitrogen and oxygen atoms in total. The van der Waals surface area contributed by atoms with Gasteiger partial charge in [0.05, 0.1) is 18.0 Å². The van der Waals surface area contributed by atoms with Crippen molar-refractivity contribution in [3.8, 4) is 0 Å². The van der Waals surface area contributed by atoms with E-state index in [2.05, 4.69) is 16.2 Å². The van der Waals surface area contributed by atoms with Crippen LogP contribution in [0.3, 0.4) is 0 Å². The zero-order chi connectivity index (χ0) is 20.2. The fourth-order valence-corrected chi connectivity index (χ4v) is 1.92. The van der Waals surface area contributed by atoms with Crippen LogP contribution < -0.4 is 16.2 Å². The van der Waals surface area contributed by atoms with Crippen molar-refractivity contribution < 1.29 is 28.8 Å². The minimum absolute atomic E-state index is 0.0918. The van der Waals surface area contributed by atoms with Crippen molar-refractivity contribution >= 4 is 40.8 Å². The number of carbonyl (C=O) groups excluding carboxylic acids is 3. The Bertz CT molecular complexity index is 726. The maximum Gasteiger partial charge on any atom is 0.306 e. The summed E-state index contributed by atoms with van der Waals surface area (Å²) < 4.78 is 9.51. The number of nitro groups is 1. The van der Waals surface area contributed by atoms with Gasteiger partial charge in [0.25, 0.3) is 11.6 Å². The van der Waals surface area contributed by atoms with E-state index >= 15 is 0 Å². The monoisotopic (exact) mass is 398 g/mol. The summed E-state index contributed by atoms with van der Waals surface area (Å²) in [7, 11) is 1.46. The van der Waals surface area contributed by atoms with E-state index in [1.807, 2.05) is 0 Å². The highest BCUT2D eigenvalue weighted by atomic mass is 32.1. The Morgan fingerprint density at radius 2 is 1.85 bits per heavy atom. The van der Waals surface area contributed by atoms with Crippen molar-refractivity contribution in [3.05, 3.63) is 39.9 Å². The number of ether oxygens (including phenoxy) is 2. The van der Waals surface area contributed by atoms with Crippen LogP contribution in [0, 0.1) is 10.1 Å². The summed E-state index contributed by atoms with van der Waals surface area (Å²) in [6.45, 7) is 0.347. The second kappa shape index (κ2) is 11.5. The number of hydrogen-bond donors (Lipinski definition) is 3. The van der Waals surface area contributed by atoms with Gasteiger partial charge in [0, 0.05) is 19.6 Å². The summed E-state index contributed by atoms with van der Waals surface area (Å²) >= 11 is 4.82. The van der Waals surface area contributed by atoms with Gasteiger partial charge in [-0.25, -0.2) is 0 Å². The van der Waals surface area contributed by atoms with E-state index in [0.717, 1.165) is 0 Å². The highest BCUT2D eigenvalue weighted by Crippen LogP contribution is 2.16. The van der Waals surface area contributed by atoms with Crippen LogP contribution >= 0.6 is 12.2 Å². The van der Waals surface area contributed by atoms with Crippen LogP contribution in [0.5, 0.6) is 0 Å². The Balaban J connectivity index is 2.38. The quantitative estimate of drug-likeness (QED) is 0.183. The topological polar surface area (TPSA) is 149 Å². The van der Waals surface area contributed by atoms with Gasteiger partial charge in [-0.1, -0.05) is 12.1 Å². The molecule has 0 unspecified atom stereocenters. The number of rotatable bonds is 8. The van der Waals surface area contributed by atoms with Crippen LogP contribution in [0.2, 0.25) is 0 Å². The van der Waals surface area contributed by atoms with E-state index in [1.54, 1.807) is 0 Å². The molecule has 27 heavy (non-hydrogen) atoms. The first-order valence-electron chi connectivity index (χ1n) is 7.63. The van der Waals surface area contributed by atoms with Crippen molar-refractivity contribution in [3.63, 3.8) is 0 Å². The summed E-state index contributed by atoms with van der Waals surface area (Å²) in [6.07, 6.45) is -0.327. The molecule has 1 aromatic carbocycles. The largest absolute Gasteiger partial charge is 0.463 e. The number of para-hydroxylation sites is 1. The number of carbonyl (C=O) groups is 3. The molecule has 0 spiro atoms. The van der Waals surface area contributed by atoms with Gasteiger partial charge in [0.2, 0.25) is 5.91 Å². The molecule has 0 atom stereocenters. The van der Waals surface area contributed by atoms with Crippen LogP contribution in [-0.2, 0) is 19.1 Å². The van der Waals surface area contributed by atoms with E-state index in [1.165, 1.54) is 31.4 Å². The van der Waals surface area contributed by atoms with Gasteiger partial charge in [0.15, 0.2) is 5.11 Å². The fourth-order valence-electron chi connectivity index (χ4n) is 1.75. The van der Waals surface area contributed by atoms with Gasteiger partial charge in [-0.2, -0.15) is 0 Å². The molecule has 0 aliphatic rings. The lowest BCUT2D eigenvalue weighted by Gasteiger charge is -2.11. The van der Waals surface area contributed by atoms with Gasteiger partial charge >= 0.3 is 5.97 Å². The molecule has 2 amide bonds. The van der Waals surface area contributed by atoms with E-state index in [0.29, 0.717) is 0 Å². The molecule has 0 saturated heterocycles. The molecule has 1 rings (SSSR count). The van der Waals surface area contributed by atoms with Gasteiger partial charge in [0.1, 0.15) is 12.2 Å². The number of nitro benzene ring substituents is 1. The minimum Gasteiger partial charge on any atom is -0.463 e. The highest BCUT2D eigenvalue weighted by molar-refractivity contribution is 7.80. The van der Waals surface area contributed by atoms with Crippen molar-refractivity contribution in [2.24, 2.45) is 0 Å². The first-order valence-corrected chi connectivity index (χ1v) is 8.04. The van der Waals surface area contributed by atoms with Crippen molar-refractivity contribution in [2.45, 2.75) is 12.8 Å². The maximum absolute atomic E-state index is 12.0. The Hall–Kier alpha value is -3.12. The minimum atomic E-state index is -0.805. The van der Waals surface area contributed by atoms with E-state index < -0.39 is 22.7 Å². The molecule has 0 aliphatic heterocycles. The number of benzene rings is 1. The maximum atomic E-state index is 12.0. The summed E-state index contributed by atoms with van der Waals surface area (Å²) in [5.41, 5.74) is 3.84. The Morgan fingerprint density at radius 1 is 1.15 bits per heavy atom. The molecule has 0 aliphatic carbocycles. The van der Waals surface area contributed by atoms with Crippen LogP contribution in [0.15, 0.2) is 24.3 Å². The number of methoxy groups -OCH3 is 1. The van der Waals surface area contributed by atoms with E-state index in [-0.39, 0.29) is 42.4 Å². The van der Waals surface area contributed by atoms with Crippen molar-refractivity contribution in [1.29, 1.82) is 0 Å². The molecule has 1 aromatic rings. The van der Waals surface area contributed by atoms with Gasteiger partial charge in [-0.3, -0.25) is 35.3 Å². The van der Waals surface area contributed by atoms with Gasteiger partial charge in [-0.15, -0.1) is 0 Å². The predicted molar refractivity (Wildman–Crippen MR) is 96.5 cm³/mol. The zero-order valence-electron chi connectivity index (χ0n) is 14.4. The first kappa shape index (κ1) is 21.9. The van der Waals surface area contributed by atoms with Crippen LogP contribution in [0.4, 0.5) is 5.69 Å². The number of nitrogens with one attached hydrogen (secondary N) is 3. The number of esters is 1. The van der Waals surface area contributed by atoms with Crippen LogP contribution in [0.1, 0.15) is 23.2 Å². The summed E-state index contributed by atoms with van der Waals surface area (Å²) in [4.78, 5) is 45.2. The molecule has 12 heteroatoms. The second-order valence-corrected chi connectivity index (χ2v) is 5.35. The Kier molecular flexibility index (Phi) is 9.33. The van der Waals surface area contributed by atoms with Crippen molar-refractivity contribution in [1.82, 2.24) is 16.2 Å². The van der Waals surface area contributed by atoms with Crippen LogP contribution in [-0.4, -0.2) is 48.1 Å². The lowest BCUT2D eigenvalue weighted by Crippen LogP contribution is -2.48. The lowest BCUT2D eigenvalue weighted by atomic mass is 10.2. The summed E-state index contributed by atoms with van der Waals surface area (Å²) in [5, 5.41) is 12.9. The first-order chi connectivity index (χ1) is 12.8. The van der Waals surface area contributed by atoms with E-state index in [9.17, 15) is 24.5 Å². The highest BCUT2D eigenvalue weighted by Gasteiger charge is 2.19. The van der Waals surface area contributed by atoms with Crippen LogP contribution in [0.25, 0.3) is 0 Å². The third kappa shape index (κ3) is 8.20. The molecule has 0 bridgehead atoms. The average Bonchev–Trinajstić information content (AvgIpc) is 2.64. The molecular weight excluding hydrogens is 380 g/mol. The Labute approximate surface area is 159 Å². The van der Waals surface area contributed by atoms with Gasteiger partial charge < -0.3 is 14.8 Å². The number of amides is 2. The zero-order valence-corrected chi connectivity index (χ0v) is 15.2. The predicted octanol–water partition coefficient (Wildman–Crippen LogP) is 0.200. The Morgan fingerprint density at radius 3 is 2.52 bits per heavy atom. The van der Waals surface area contributed by atoms with Gasteiger partial charge in [-0.05, 0) is 18.3 Å². The number of hydrogen-bond acceptors (Lipinski definition) is 8. The second-order valence-electron chi connectivity index (χ2n) is 4.94. The molecule has 146 valence electrons. The smallest absolute Gasteiger partial charge is 0.306 e. The normalized spacial score (nSPS) is 9.81. The molecule has 0 fully saturated rings. The fraction of sp³-hybridized carbons (Fsp3) is 0.333. The molecule has 0 heterocycles. The molecular formula is C15H18N4O7S. The molecule has 0 aromatic heterocycles. The van der Waals surface area contributed by atoms with E-state index in [4.69, 9.17) is 21.7 Å².